The van der Waals surface area contributed by atoms with Crippen molar-refractivity contribution in [3.05, 3.63) is 64.7 Å². The summed E-state index contributed by atoms with van der Waals surface area (Å²) in [6.45, 7) is 5.53. The molecule has 3 aliphatic heterocycles. The third-order valence-corrected chi connectivity index (χ3v) is 5.87. The average Bonchev–Trinajstić information content (AvgIpc) is 3.44. The lowest BCUT2D eigenvalue weighted by Crippen LogP contribution is -2.33. The van der Waals surface area contributed by atoms with Gasteiger partial charge in [0.05, 0.1) is 24.5 Å². The molecule has 6 heteroatoms. The van der Waals surface area contributed by atoms with Crippen molar-refractivity contribution in [3.8, 4) is 5.75 Å². The van der Waals surface area contributed by atoms with Crippen molar-refractivity contribution in [2.24, 2.45) is 15.0 Å². The lowest BCUT2D eigenvalue weighted by atomic mass is 9.96. The second kappa shape index (κ2) is 9.54. The fourth-order valence-corrected chi connectivity index (χ4v) is 4.26. The van der Waals surface area contributed by atoms with Crippen LogP contribution in [0.25, 0.3) is 0 Å². The zero-order valence-electron chi connectivity index (χ0n) is 17.1. The van der Waals surface area contributed by atoms with E-state index in [-0.39, 0.29) is 12.4 Å². The monoisotopic (exact) mass is 422 g/mol. The standard InChI is InChI=1S/C24H26N4O.ClH/c1-2-9-28(10-3-1)11-12-29-21-6-4-5-19(13-21)24-22-14-18(23-16-25-17-27-23)7-8-20(22)15-26-24;/h4-8,13-14,17H,1-3,9-12,15-16H2;1H. The van der Waals surface area contributed by atoms with Crippen LogP contribution >= 0.6 is 12.4 Å². The largest absolute Gasteiger partial charge is 0.492 e. The number of rotatable bonds is 6. The van der Waals surface area contributed by atoms with Gasteiger partial charge in [-0.05, 0) is 55.3 Å². The van der Waals surface area contributed by atoms with Gasteiger partial charge in [0.1, 0.15) is 18.7 Å². The molecule has 5 rings (SSSR count). The molecule has 0 atom stereocenters. The van der Waals surface area contributed by atoms with E-state index in [1.807, 2.05) is 6.07 Å². The molecular formula is C24H27ClN4O. The predicted octanol–water partition coefficient (Wildman–Crippen LogP) is 4.16. The number of ether oxygens (including phenoxy) is 1. The quantitative estimate of drug-likeness (QED) is 0.701. The first-order chi connectivity index (χ1) is 14.4. The van der Waals surface area contributed by atoms with Gasteiger partial charge in [-0.15, -0.1) is 12.4 Å². The number of piperidine rings is 1. The number of aliphatic imine (C=N–C) groups is 3. The van der Waals surface area contributed by atoms with Gasteiger partial charge in [0.15, 0.2) is 0 Å². The molecule has 0 bridgehead atoms. The van der Waals surface area contributed by atoms with Crippen LogP contribution in [0.1, 0.15) is 41.5 Å². The van der Waals surface area contributed by atoms with E-state index in [0.29, 0.717) is 6.54 Å². The van der Waals surface area contributed by atoms with Crippen molar-refractivity contribution in [2.45, 2.75) is 25.8 Å². The highest BCUT2D eigenvalue weighted by atomic mass is 35.5. The lowest BCUT2D eigenvalue weighted by Gasteiger charge is -2.26. The molecule has 2 aromatic carbocycles. The Morgan fingerprint density at radius 2 is 1.83 bits per heavy atom. The molecule has 0 aromatic heterocycles. The van der Waals surface area contributed by atoms with Crippen LogP contribution in [-0.2, 0) is 6.54 Å². The van der Waals surface area contributed by atoms with E-state index in [4.69, 9.17) is 9.73 Å². The van der Waals surface area contributed by atoms with Gasteiger partial charge in [0.2, 0.25) is 0 Å². The highest BCUT2D eigenvalue weighted by Gasteiger charge is 2.20. The molecule has 0 saturated carbocycles. The summed E-state index contributed by atoms with van der Waals surface area (Å²) in [4.78, 5) is 15.9. The molecule has 156 valence electrons. The van der Waals surface area contributed by atoms with Crippen LogP contribution in [0.5, 0.6) is 5.75 Å². The maximum atomic E-state index is 6.07. The van der Waals surface area contributed by atoms with Crippen molar-refractivity contribution in [2.75, 3.05) is 32.8 Å². The Kier molecular flexibility index (Phi) is 6.60. The number of halogens is 1. The summed E-state index contributed by atoms with van der Waals surface area (Å²) < 4.78 is 6.07. The maximum absolute atomic E-state index is 6.07. The number of benzene rings is 2. The van der Waals surface area contributed by atoms with E-state index in [0.717, 1.165) is 48.0 Å². The van der Waals surface area contributed by atoms with Crippen LogP contribution < -0.4 is 4.74 Å². The Bertz CT molecular complexity index is 992. The summed E-state index contributed by atoms with van der Waals surface area (Å²) in [7, 11) is 0. The van der Waals surface area contributed by atoms with Crippen molar-refractivity contribution in [3.63, 3.8) is 0 Å². The Morgan fingerprint density at radius 3 is 2.67 bits per heavy atom. The van der Waals surface area contributed by atoms with Crippen LogP contribution in [0.4, 0.5) is 0 Å². The average molecular weight is 423 g/mol. The van der Waals surface area contributed by atoms with Gasteiger partial charge in [0.25, 0.3) is 0 Å². The predicted molar refractivity (Wildman–Crippen MR) is 125 cm³/mol. The van der Waals surface area contributed by atoms with Crippen molar-refractivity contribution in [1.82, 2.24) is 4.90 Å². The van der Waals surface area contributed by atoms with Crippen molar-refractivity contribution >= 4 is 30.2 Å². The van der Waals surface area contributed by atoms with Crippen LogP contribution in [0, 0.1) is 0 Å². The number of hydrogen-bond donors (Lipinski definition) is 0. The summed E-state index contributed by atoms with van der Waals surface area (Å²) in [5, 5.41) is 0. The molecule has 1 saturated heterocycles. The Balaban J connectivity index is 0.00000218. The van der Waals surface area contributed by atoms with Crippen LogP contribution in [0.15, 0.2) is 57.4 Å². The second-order valence-corrected chi connectivity index (χ2v) is 7.85. The first-order valence-corrected chi connectivity index (χ1v) is 10.6. The minimum atomic E-state index is 0. The highest BCUT2D eigenvalue weighted by Crippen LogP contribution is 2.26. The Hall–Kier alpha value is -2.50. The molecule has 0 amide bonds. The fraction of sp³-hybridized carbons (Fsp3) is 0.375. The van der Waals surface area contributed by atoms with E-state index < -0.39 is 0 Å². The number of nitrogens with zero attached hydrogens (tertiary/aromatic N) is 4. The summed E-state index contributed by atoms with van der Waals surface area (Å²) in [6.07, 6.45) is 5.64. The molecular weight excluding hydrogens is 396 g/mol. The molecule has 3 aliphatic rings. The van der Waals surface area contributed by atoms with E-state index in [9.17, 15) is 0 Å². The van der Waals surface area contributed by atoms with E-state index in [2.05, 4.69) is 51.3 Å². The van der Waals surface area contributed by atoms with E-state index >= 15 is 0 Å². The van der Waals surface area contributed by atoms with Crippen molar-refractivity contribution in [1.29, 1.82) is 0 Å². The van der Waals surface area contributed by atoms with Crippen LogP contribution in [-0.4, -0.2) is 55.4 Å². The van der Waals surface area contributed by atoms with E-state index in [1.165, 1.54) is 43.5 Å². The third kappa shape index (κ3) is 4.47. The lowest BCUT2D eigenvalue weighted by molar-refractivity contribution is 0.183. The number of hydrogen-bond acceptors (Lipinski definition) is 5. The van der Waals surface area contributed by atoms with E-state index in [1.54, 1.807) is 6.34 Å². The van der Waals surface area contributed by atoms with Gasteiger partial charge >= 0.3 is 0 Å². The van der Waals surface area contributed by atoms with Crippen LogP contribution in [0.3, 0.4) is 0 Å². The van der Waals surface area contributed by atoms with Gasteiger partial charge in [-0.1, -0.05) is 30.7 Å². The summed E-state index contributed by atoms with van der Waals surface area (Å²) in [5.41, 5.74) is 6.77. The fourth-order valence-electron chi connectivity index (χ4n) is 4.26. The van der Waals surface area contributed by atoms with Gasteiger partial charge in [-0.2, -0.15) is 0 Å². The zero-order valence-corrected chi connectivity index (χ0v) is 17.9. The topological polar surface area (TPSA) is 49.5 Å². The zero-order chi connectivity index (χ0) is 19.5. The van der Waals surface area contributed by atoms with Crippen LogP contribution in [0.2, 0.25) is 0 Å². The SMILES string of the molecule is C1=NCC(c2ccc3c(c2)C(c2cccc(OCCN4CCCCC4)c2)=NC3)=N1.Cl. The minimum Gasteiger partial charge on any atom is -0.492 e. The molecule has 0 unspecified atom stereocenters. The maximum Gasteiger partial charge on any atom is 0.120 e. The Morgan fingerprint density at radius 1 is 0.933 bits per heavy atom. The summed E-state index contributed by atoms with van der Waals surface area (Å²) >= 11 is 0. The molecule has 1 fully saturated rings. The first-order valence-electron chi connectivity index (χ1n) is 10.6. The Labute approximate surface area is 184 Å². The molecule has 0 spiro atoms. The second-order valence-electron chi connectivity index (χ2n) is 7.85. The smallest absolute Gasteiger partial charge is 0.120 e. The summed E-state index contributed by atoms with van der Waals surface area (Å²) in [6, 6.07) is 14.8. The summed E-state index contributed by atoms with van der Waals surface area (Å²) in [5.74, 6) is 0.917. The van der Waals surface area contributed by atoms with Gasteiger partial charge in [-0.25, -0.2) is 4.99 Å². The highest BCUT2D eigenvalue weighted by molar-refractivity contribution is 6.17. The molecule has 30 heavy (non-hydrogen) atoms. The third-order valence-electron chi connectivity index (χ3n) is 5.87. The molecule has 3 heterocycles. The molecule has 0 aliphatic carbocycles. The molecule has 5 nitrogen and oxygen atoms in total. The van der Waals surface area contributed by atoms with Crippen molar-refractivity contribution < 1.29 is 4.74 Å². The number of fused-ring (bicyclic) bond motifs is 1. The molecule has 2 aromatic rings. The minimum absolute atomic E-state index is 0. The normalized spacial score (nSPS) is 17.9. The van der Waals surface area contributed by atoms with Gasteiger partial charge in [-0.3, -0.25) is 14.9 Å². The van der Waals surface area contributed by atoms with Gasteiger partial charge < -0.3 is 4.74 Å². The van der Waals surface area contributed by atoms with Gasteiger partial charge in [0, 0.05) is 17.7 Å². The molecule has 0 radical (unpaired) electrons. The number of likely N-dealkylation sites (tertiary alicyclic amines) is 1. The molecule has 0 N–H and O–H groups in total. The first kappa shape index (κ1) is 20.8.